The molecule has 1 aromatic heterocycles. The zero-order valence-corrected chi connectivity index (χ0v) is 16.0. The lowest BCUT2D eigenvalue weighted by Crippen LogP contribution is -2.15. The highest BCUT2D eigenvalue weighted by Crippen LogP contribution is 2.37. The molecule has 0 aliphatic rings. The second kappa shape index (κ2) is 8.14. The van der Waals surface area contributed by atoms with Gasteiger partial charge in [-0.2, -0.15) is 0 Å². The largest absolute Gasteiger partial charge is 0.442 e. The monoisotopic (exact) mass is 387 g/mol. The number of benzene rings is 1. The van der Waals surface area contributed by atoms with Gasteiger partial charge in [0.2, 0.25) is 0 Å². The second-order valence-corrected chi connectivity index (χ2v) is 7.37. The SMILES string of the molecule is CCn1c(COC(N)=O)nc(C(C)C)c1Sc1cc(Cl)cc(Cl)c1. The Bertz CT molecular complexity index is 727. The van der Waals surface area contributed by atoms with Crippen LogP contribution in [0.4, 0.5) is 4.79 Å². The molecule has 0 aliphatic carbocycles. The maximum Gasteiger partial charge on any atom is 0.404 e. The van der Waals surface area contributed by atoms with Gasteiger partial charge in [0, 0.05) is 21.5 Å². The molecule has 1 amide bonds. The lowest BCUT2D eigenvalue weighted by molar-refractivity contribution is 0.145. The summed E-state index contributed by atoms with van der Waals surface area (Å²) >= 11 is 13.7. The number of hydrogen-bond donors (Lipinski definition) is 1. The lowest BCUT2D eigenvalue weighted by Gasteiger charge is -2.11. The van der Waals surface area contributed by atoms with Gasteiger partial charge in [-0.25, -0.2) is 9.78 Å². The summed E-state index contributed by atoms with van der Waals surface area (Å²) in [5, 5.41) is 2.14. The molecule has 2 aromatic rings. The van der Waals surface area contributed by atoms with Crippen LogP contribution in [0.2, 0.25) is 10.0 Å². The molecule has 0 spiro atoms. The van der Waals surface area contributed by atoms with Gasteiger partial charge >= 0.3 is 6.09 Å². The molecule has 0 saturated carbocycles. The summed E-state index contributed by atoms with van der Waals surface area (Å²) in [5.41, 5.74) is 5.99. The Balaban J connectivity index is 2.43. The van der Waals surface area contributed by atoms with Crippen molar-refractivity contribution in [3.8, 4) is 0 Å². The van der Waals surface area contributed by atoms with Gasteiger partial charge in [-0.1, -0.05) is 48.8 Å². The van der Waals surface area contributed by atoms with Crippen molar-refractivity contribution in [3.05, 3.63) is 39.8 Å². The van der Waals surface area contributed by atoms with Crippen molar-refractivity contribution in [2.24, 2.45) is 5.73 Å². The van der Waals surface area contributed by atoms with Crippen LogP contribution in [0.3, 0.4) is 0 Å². The van der Waals surface area contributed by atoms with E-state index in [1.165, 1.54) is 11.8 Å². The summed E-state index contributed by atoms with van der Waals surface area (Å²) in [5.74, 6) is 0.873. The molecule has 0 atom stereocenters. The predicted molar refractivity (Wildman–Crippen MR) is 96.9 cm³/mol. The number of halogens is 2. The Morgan fingerprint density at radius 3 is 2.46 bits per heavy atom. The van der Waals surface area contributed by atoms with Crippen molar-refractivity contribution in [3.63, 3.8) is 0 Å². The minimum atomic E-state index is -0.817. The first-order chi connectivity index (χ1) is 11.3. The third kappa shape index (κ3) is 4.59. The van der Waals surface area contributed by atoms with E-state index in [0.717, 1.165) is 15.6 Å². The van der Waals surface area contributed by atoms with Crippen LogP contribution in [0.5, 0.6) is 0 Å². The van der Waals surface area contributed by atoms with Gasteiger partial charge in [-0.05, 0) is 31.0 Å². The second-order valence-electron chi connectivity index (χ2n) is 5.43. The molecular weight excluding hydrogens is 369 g/mol. The summed E-state index contributed by atoms with van der Waals surface area (Å²) in [6, 6.07) is 5.41. The summed E-state index contributed by atoms with van der Waals surface area (Å²) in [6.07, 6.45) is -0.817. The standard InChI is InChI=1S/C16H19Cl2N3O2S/c1-4-21-13(8-23-16(19)22)20-14(9(2)3)15(21)24-12-6-10(17)5-11(18)7-12/h5-7,9H,4,8H2,1-3H3,(H2,19,22). The Kier molecular flexibility index (Phi) is 6.43. The Morgan fingerprint density at radius 1 is 1.33 bits per heavy atom. The van der Waals surface area contributed by atoms with Gasteiger partial charge in [0.25, 0.3) is 0 Å². The normalized spacial score (nSPS) is 11.1. The number of ether oxygens (including phenoxy) is 1. The zero-order valence-electron chi connectivity index (χ0n) is 13.7. The minimum absolute atomic E-state index is 0.0414. The van der Waals surface area contributed by atoms with E-state index >= 15 is 0 Å². The van der Waals surface area contributed by atoms with Crippen LogP contribution in [-0.2, 0) is 17.9 Å². The van der Waals surface area contributed by atoms with Crippen LogP contribution in [0, 0.1) is 0 Å². The summed E-state index contributed by atoms with van der Waals surface area (Å²) in [4.78, 5) is 16.5. The van der Waals surface area contributed by atoms with E-state index < -0.39 is 6.09 Å². The molecule has 24 heavy (non-hydrogen) atoms. The molecule has 2 rings (SSSR count). The molecule has 1 heterocycles. The highest BCUT2D eigenvalue weighted by atomic mass is 35.5. The maximum atomic E-state index is 10.9. The number of carbonyl (C=O) groups is 1. The summed E-state index contributed by atoms with van der Waals surface area (Å²) in [7, 11) is 0. The number of carbonyl (C=O) groups excluding carboxylic acids is 1. The Hall–Kier alpha value is -1.37. The zero-order chi connectivity index (χ0) is 17.9. The first kappa shape index (κ1) is 19.0. The van der Waals surface area contributed by atoms with Crippen molar-refractivity contribution >= 4 is 41.1 Å². The number of aromatic nitrogens is 2. The third-order valence-corrected chi connectivity index (χ3v) is 4.81. The first-order valence-electron chi connectivity index (χ1n) is 7.47. The van der Waals surface area contributed by atoms with E-state index in [2.05, 4.69) is 18.8 Å². The minimum Gasteiger partial charge on any atom is -0.442 e. The van der Waals surface area contributed by atoms with Crippen molar-refractivity contribution in [2.45, 2.75) is 49.8 Å². The number of amides is 1. The van der Waals surface area contributed by atoms with Crippen molar-refractivity contribution < 1.29 is 9.53 Å². The Morgan fingerprint density at radius 2 is 1.96 bits per heavy atom. The number of nitrogens with two attached hydrogens (primary N) is 1. The van der Waals surface area contributed by atoms with Crippen LogP contribution in [-0.4, -0.2) is 15.6 Å². The highest BCUT2D eigenvalue weighted by Gasteiger charge is 2.20. The molecule has 5 nitrogen and oxygen atoms in total. The fraction of sp³-hybridized carbons (Fsp3) is 0.375. The van der Waals surface area contributed by atoms with Crippen molar-refractivity contribution in [2.75, 3.05) is 0 Å². The molecule has 0 aliphatic heterocycles. The summed E-state index contributed by atoms with van der Waals surface area (Å²) in [6.45, 7) is 6.87. The van der Waals surface area contributed by atoms with E-state index in [1.54, 1.807) is 6.07 Å². The molecule has 0 radical (unpaired) electrons. The maximum absolute atomic E-state index is 10.9. The molecular formula is C16H19Cl2N3O2S. The summed E-state index contributed by atoms with van der Waals surface area (Å²) < 4.78 is 6.92. The van der Waals surface area contributed by atoms with Crippen LogP contribution < -0.4 is 5.73 Å². The van der Waals surface area contributed by atoms with Gasteiger partial charge in [0.15, 0.2) is 6.61 Å². The van der Waals surface area contributed by atoms with Gasteiger partial charge in [0.1, 0.15) is 10.9 Å². The van der Waals surface area contributed by atoms with Crippen molar-refractivity contribution in [1.82, 2.24) is 9.55 Å². The third-order valence-electron chi connectivity index (χ3n) is 3.28. The van der Waals surface area contributed by atoms with Gasteiger partial charge in [0.05, 0.1) is 5.69 Å². The van der Waals surface area contributed by atoms with E-state index in [4.69, 9.17) is 33.7 Å². The van der Waals surface area contributed by atoms with E-state index in [9.17, 15) is 4.79 Å². The number of hydrogen-bond acceptors (Lipinski definition) is 4. The fourth-order valence-corrected chi connectivity index (χ4v) is 4.24. The molecule has 0 fully saturated rings. The van der Waals surface area contributed by atoms with Gasteiger partial charge in [-0.15, -0.1) is 0 Å². The molecule has 0 saturated heterocycles. The molecule has 8 heteroatoms. The first-order valence-corrected chi connectivity index (χ1v) is 9.04. The number of rotatable bonds is 6. The molecule has 0 bridgehead atoms. The Labute approximate surface area is 155 Å². The average Bonchev–Trinajstić information content (AvgIpc) is 2.81. The van der Waals surface area contributed by atoms with E-state index in [-0.39, 0.29) is 12.5 Å². The van der Waals surface area contributed by atoms with Crippen LogP contribution in [0.25, 0.3) is 0 Å². The quantitative estimate of drug-likeness (QED) is 0.749. The van der Waals surface area contributed by atoms with Crippen LogP contribution in [0.1, 0.15) is 38.2 Å². The average molecular weight is 388 g/mol. The number of imidazole rings is 1. The predicted octanol–water partition coefficient (Wildman–Crippen LogP) is 5.08. The molecule has 2 N–H and O–H groups in total. The van der Waals surface area contributed by atoms with Crippen LogP contribution in [0.15, 0.2) is 28.1 Å². The highest BCUT2D eigenvalue weighted by molar-refractivity contribution is 7.99. The smallest absolute Gasteiger partial charge is 0.404 e. The van der Waals surface area contributed by atoms with Gasteiger partial charge < -0.3 is 15.0 Å². The van der Waals surface area contributed by atoms with E-state index in [1.807, 2.05) is 23.6 Å². The topological polar surface area (TPSA) is 70.1 Å². The van der Waals surface area contributed by atoms with E-state index in [0.29, 0.717) is 22.4 Å². The molecule has 0 unspecified atom stereocenters. The van der Waals surface area contributed by atoms with Gasteiger partial charge in [-0.3, -0.25) is 0 Å². The molecule has 1 aromatic carbocycles. The molecule has 130 valence electrons. The van der Waals surface area contributed by atoms with Crippen LogP contribution >= 0.6 is 35.0 Å². The fourth-order valence-electron chi connectivity index (χ4n) is 2.26. The lowest BCUT2D eigenvalue weighted by atomic mass is 10.1. The number of primary amides is 1. The van der Waals surface area contributed by atoms with Crippen molar-refractivity contribution in [1.29, 1.82) is 0 Å². The number of nitrogens with zero attached hydrogens (tertiary/aromatic N) is 2.